The summed E-state index contributed by atoms with van der Waals surface area (Å²) in [5.41, 5.74) is 0. The minimum Gasteiger partial charge on any atom is -0.480 e. The third-order valence-electron chi connectivity index (χ3n) is 4.14. The van der Waals surface area contributed by atoms with E-state index in [0.717, 1.165) is 25.8 Å². The maximum Gasteiger partial charge on any atom is 0.326 e. The molecule has 5 nitrogen and oxygen atoms in total. The van der Waals surface area contributed by atoms with Gasteiger partial charge in [-0.05, 0) is 32.4 Å². The van der Waals surface area contributed by atoms with Crippen molar-refractivity contribution >= 4 is 11.9 Å². The number of nitrogens with one attached hydrogen (secondary N) is 1. The van der Waals surface area contributed by atoms with Gasteiger partial charge in [-0.25, -0.2) is 4.79 Å². The van der Waals surface area contributed by atoms with Crippen LogP contribution in [0.15, 0.2) is 0 Å². The summed E-state index contributed by atoms with van der Waals surface area (Å²) < 4.78 is 0. The molecule has 1 aliphatic rings. The predicted molar refractivity (Wildman–Crippen MR) is 73.9 cm³/mol. The van der Waals surface area contributed by atoms with E-state index in [1.807, 2.05) is 20.9 Å². The molecule has 19 heavy (non-hydrogen) atoms. The third-order valence-corrected chi connectivity index (χ3v) is 4.14. The van der Waals surface area contributed by atoms with Crippen molar-refractivity contribution in [2.75, 3.05) is 13.6 Å². The van der Waals surface area contributed by atoms with Gasteiger partial charge in [0.2, 0.25) is 5.91 Å². The number of rotatable bonds is 6. The highest BCUT2D eigenvalue weighted by Crippen LogP contribution is 2.18. The highest BCUT2D eigenvalue weighted by atomic mass is 16.4. The van der Waals surface area contributed by atoms with Gasteiger partial charge in [0.15, 0.2) is 0 Å². The fourth-order valence-corrected chi connectivity index (χ4v) is 2.53. The van der Waals surface area contributed by atoms with Gasteiger partial charge in [0.25, 0.3) is 0 Å². The zero-order valence-electron chi connectivity index (χ0n) is 12.2. The lowest BCUT2D eigenvalue weighted by atomic mass is 9.97. The number of hydrogen-bond acceptors (Lipinski definition) is 3. The first kappa shape index (κ1) is 16.0. The monoisotopic (exact) mass is 270 g/mol. The molecular weight excluding hydrogens is 244 g/mol. The Morgan fingerprint density at radius 2 is 2.11 bits per heavy atom. The van der Waals surface area contributed by atoms with Crippen molar-refractivity contribution in [2.45, 2.75) is 58.0 Å². The van der Waals surface area contributed by atoms with Crippen LogP contribution in [0.4, 0.5) is 0 Å². The zero-order valence-corrected chi connectivity index (χ0v) is 12.2. The largest absolute Gasteiger partial charge is 0.480 e. The van der Waals surface area contributed by atoms with E-state index < -0.39 is 12.0 Å². The van der Waals surface area contributed by atoms with Gasteiger partial charge in [-0.3, -0.25) is 4.79 Å². The molecule has 2 N–H and O–H groups in total. The number of likely N-dealkylation sites (tertiary alicyclic amines) is 1. The van der Waals surface area contributed by atoms with Gasteiger partial charge in [0, 0.05) is 12.5 Å². The smallest absolute Gasteiger partial charge is 0.326 e. The van der Waals surface area contributed by atoms with Crippen molar-refractivity contribution in [1.82, 2.24) is 10.2 Å². The van der Waals surface area contributed by atoms with Gasteiger partial charge in [-0.1, -0.05) is 26.7 Å². The molecule has 5 heteroatoms. The number of piperidine rings is 1. The van der Waals surface area contributed by atoms with Gasteiger partial charge in [-0.15, -0.1) is 0 Å². The number of hydrogen-bond donors (Lipinski definition) is 2. The first-order valence-corrected chi connectivity index (χ1v) is 7.18. The summed E-state index contributed by atoms with van der Waals surface area (Å²) in [6, 6.07) is -0.522. The number of aliphatic carboxylic acids is 1. The molecule has 1 rings (SSSR count). The van der Waals surface area contributed by atoms with E-state index in [1.54, 1.807) is 0 Å². The van der Waals surface area contributed by atoms with Crippen LogP contribution in [0.2, 0.25) is 0 Å². The van der Waals surface area contributed by atoms with Crippen LogP contribution in [-0.2, 0) is 9.59 Å². The molecule has 0 saturated carbocycles. The molecule has 1 aliphatic heterocycles. The molecule has 3 atom stereocenters. The summed E-state index contributed by atoms with van der Waals surface area (Å²) >= 11 is 0. The van der Waals surface area contributed by atoms with Crippen molar-refractivity contribution < 1.29 is 14.7 Å². The van der Waals surface area contributed by atoms with Crippen molar-refractivity contribution in [2.24, 2.45) is 5.92 Å². The van der Waals surface area contributed by atoms with E-state index in [2.05, 4.69) is 10.2 Å². The van der Waals surface area contributed by atoms with Crippen LogP contribution in [0.3, 0.4) is 0 Å². The molecule has 110 valence electrons. The van der Waals surface area contributed by atoms with E-state index in [4.69, 9.17) is 5.11 Å². The van der Waals surface area contributed by atoms with Crippen molar-refractivity contribution in [3.05, 3.63) is 0 Å². The van der Waals surface area contributed by atoms with Crippen LogP contribution in [0.5, 0.6) is 0 Å². The molecule has 1 amide bonds. The number of carboxylic acid groups (broad SMARTS) is 1. The average Bonchev–Trinajstić information content (AvgIpc) is 2.37. The second-order valence-electron chi connectivity index (χ2n) is 5.60. The number of nitrogens with zero attached hydrogens (tertiary/aromatic N) is 1. The van der Waals surface area contributed by atoms with Crippen LogP contribution in [0.1, 0.15) is 46.0 Å². The first-order chi connectivity index (χ1) is 8.95. The summed E-state index contributed by atoms with van der Waals surface area (Å²) in [7, 11) is 2.03. The predicted octanol–water partition coefficient (Wildman–Crippen LogP) is 1.48. The Balaban J connectivity index is 2.50. The summed E-state index contributed by atoms with van der Waals surface area (Å²) in [4.78, 5) is 25.4. The SMILES string of the molecule is CC[C@H](C)[C@H](NC(=O)CC1CCCCN1C)C(=O)O. The number of carbonyl (C=O) groups excluding carboxylic acids is 1. The fraction of sp³-hybridized carbons (Fsp3) is 0.857. The van der Waals surface area contributed by atoms with E-state index in [0.29, 0.717) is 6.42 Å². The zero-order chi connectivity index (χ0) is 14.4. The quantitative estimate of drug-likeness (QED) is 0.767. The molecule has 1 saturated heterocycles. The van der Waals surface area contributed by atoms with E-state index in [9.17, 15) is 9.59 Å². The molecule has 1 heterocycles. The Hall–Kier alpha value is -1.10. The lowest BCUT2D eigenvalue weighted by molar-refractivity contribution is -0.143. The highest BCUT2D eigenvalue weighted by Gasteiger charge is 2.27. The molecule has 0 bridgehead atoms. The Bertz CT molecular complexity index is 320. The molecular formula is C14H26N2O3. The summed E-state index contributed by atoms with van der Waals surface area (Å²) in [6.07, 6.45) is 4.48. The Kier molecular flexibility index (Phi) is 6.28. The number of carbonyl (C=O) groups is 2. The van der Waals surface area contributed by atoms with Gasteiger partial charge in [-0.2, -0.15) is 0 Å². The summed E-state index contributed by atoms with van der Waals surface area (Å²) in [5, 5.41) is 11.8. The third kappa shape index (κ3) is 4.82. The Morgan fingerprint density at radius 3 is 2.63 bits per heavy atom. The van der Waals surface area contributed by atoms with Crippen LogP contribution in [0, 0.1) is 5.92 Å². The van der Waals surface area contributed by atoms with Crippen molar-refractivity contribution in [1.29, 1.82) is 0 Å². The fourth-order valence-electron chi connectivity index (χ4n) is 2.53. The maximum atomic E-state index is 12.0. The number of carboxylic acids is 1. The molecule has 0 spiro atoms. The standard InChI is InChI=1S/C14H26N2O3/c1-4-10(2)13(14(18)19)15-12(17)9-11-7-5-6-8-16(11)3/h10-11,13H,4-9H2,1-3H3,(H,15,17)(H,18,19)/t10-,11?,13-/m0/s1. The first-order valence-electron chi connectivity index (χ1n) is 7.18. The van der Waals surface area contributed by atoms with E-state index in [-0.39, 0.29) is 17.9 Å². The molecule has 0 aliphatic carbocycles. The van der Waals surface area contributed by atoms with Gasteiger partial charge in [0.1, 0.15) is 6.04 Å². The normalized spacial score (nSPS) is 23.6. The molecule has 0 aromatic heterocycles. The second-order valence-corrected chi connectivity index (χ2v) is 5.60. The van der Waals surface area contributed by atoms with Crippen molar-refractivity contribution in [3.8, 4) is 0 Å². The topological polar surface area (TPSA) is 69.6 Å². The Labute approximate surface area is 115 Å². The lowest BCUT2D eigenvalue weighted by Crippen LogP contribution is -2.47. The van der Waals surface area contributed by atoms with Crippen LogP contribution >= 0.6 is 0 Å². The van der Waals surface area contributed by atoms with Crippen molar-refractivity contribution in [3.63, 3.8) is 0 Å². The minimum atomic E-state index is -0.945. The number of amides is 1. The average molecular weight is 270 g/mol. The van der Waals surface area contributed by atoms with E-state index in [1.165, 1.54) is 6.42 Å². The Morgan fingerprint density at radius 1 is 1.42 bits per heavy atom. The highest BCUT2D eigenvalue weighted by molar-refractivity contribution is 5.84. The molecule has 1 fully saturated rings. The second kappa shape index (κ2) is 7.48. The van der Waals surface area contributed by atoms with Gasteiger partial charge in [0.05, 0.1) is 0 Å². The minimum absolute atomic E-state index is 0.0504. The molecule has 0 radical (unpaired) electrons. The summed E-state index contributed by atoms with van der Waals surface area (Å²) in [5.74, 6) is -1.14. The van der Waals surface area contributed by atoms with Crippen LogP contribution < -0.4 is 5.32 Å². The molecule has 0 aromatic carbocycles. The summed E-state index contributed by atoms with van der Waals surface area (Å²) in [6.45, 7) is 4.80. The van der Waals surface area contributed by atoms with Gasteiger partial charge < -0.3 is 15.3 Å². The lowest BCUT2D eigenvalue weighted by Gasteiger charge is -2.32. The molecule has 1 unspecified atom stereocenters. The van der Waals surface area contributed by atoms with E-state index >= 15 is 0 Å². The maximum absolute atomic E-state index is 12.0. The van der Waals surface area contributed by atoms with Gasteiger partial charge >= 0.3 is 5.97 Å². The van der Waals surface area contributed by atoms with Crippen LogP contribution in [0.25, 0.3) is 0 Å². The van der Waals surface area contributed by atoms with Crippen LogP contribution in [-0.4, -0.2) is 47.6 Å². The molecule has 0 aromatic rings.